The summed E-state index contributed by atoms with van der Waals surface area (Å²) in [5, 5.41) is 1.91. The summed E-state index contributed by atoms with van der Waals surface area (Å²) in [5.41, 5.74) is 1.84. The molecule has 0 aliphatic carbocycles. The second-order valence-electron chi connectivity index (χ2n) is 5.56. The molecule has 0 amide bonds. The van der Waals surface area contributed by atoms with E-state index in [0.29, 0.717) is 5.92 Å². The molecular formula is C17H23NO2. The molecule has 0 unspecified atom stereocenters. The first-order valence-corrected chi connectivity index (χ1v) is 7.35. The Balaban J connectivity index is 2.37. The van der Waals surface area contributed by atoms with E-state index in [2.05, 4.69) is 20.8 Å². The smallest absolute Gasteiger partial charge is 0.147 e. The van der Waals surface area contributed by atoms with Crippen molar-refractivity contribution < 1.29 is 9.63 Å². The molecule has 1 aliphatic rings. The molecule has 2 rings (SSSR count). The topological polar surface area (TPSA) is 29.5 Å². The standard InChI is InChI=1S/C17H23NO2/c1-4-8-16-14(12-19)11-17(13(2)3)20-18(16)15-9-6-5-7-10-15/h5-7,9-13,16-17H,4,8H2,1-3H3/t16-,17+/m1/s1. The number of hydrogen-bond donors (Lipinski definition) is 0. The second kappa shape index (κ2) is 6.71. The van der Waals surface area contributed by atoms with Crippen LogP contribution in [0.4, 0.5) is 5.69 Å². The minimum absolute atomic E-state index is 0.00917. The summed E-state index contributed by atoms with van der Waals surface area (Å²) < 4.78 is 0. The van der Waals surface area contributed by atoms with Crippen molar-refractivity contribution in [2.75, 3.05) is 5.06 Å². The highest BCUT2D eigenvalue weighted by molar-refractivity contribution is 5.77. The Morgan fingerprint density at radius 1 is 1.30 bits per heavy atom. The van der Waals surface area contributed by atoms with Crippen molar-refractivity contribution >= 4 is 12.0 Å². The zero-order valence-electron chi connectivity index (χ0n) is 12.5. The highest BCUT2D eigenvalue weighted by atomic mass is 16.7. The summed E-state index contributed by atoms with van der Waals surface area (Å²) in [4.78, 5) is 17.6. The molecule has 3 heteroatoms. The van der Waals surface area contributed by atoms with Crippen LogP contribution in [0, 0.1) is 5.92 Å². The van der Waals surface area contributed by atoms with E-state index in [1.165, 1.54) is 0 Å². The van der Waals surface area contributed by atoms with Gasteiger partial charge in [-0.15, -0.1) is 0 Å². The Bertz CT molecular complexity index is 467. The van der Waals surface area contributed by atoms with Crippen molar-refractivity contribution in [2.24, 2.45) is 5.92 Å². The number of nitrogens with zero attached hydrogens (tertiary/aromatic N) is 1. The van der Waals surface area contributed by atoms with Gasteiger partial charge in [0.25, 0.3) is 0 Å². The fourth-order valence-electron chi connectivity index (χ4n) is 2.48. The quantitative estimate of drug-likeness (QED) is 0.765. The Morgan fingerprint density at radius 2 is 2.00 bits per heavy atom. The van der Waals surface area contributed by atoms with Gasteiger partial charge in [-0.25, -0.2) is 5.06 Å². The normalized spacial score (nSPS) is 22.8. The van der Waals surface area contributed by atoms with Crippen LogP contribution < -0.4 is 5.06 Å². The highest BCUT2D eigenvalue weighted by Crippen LogP contribution is 2.30. The molecule has 0 radical (unpaired) electrons. The Morgan fingerprint density at radius 3 is 2.55 bits per heavy atom. The number of para-hydroxylation sites is 1. The van der Waals surface area contributed by atoms with E-state index in [-0.39, 0.29) is 12.1 Å². The van der Waals surface area contributed by atoms with Gasteiger partial charge >= 0.3 is 0 Å². The van der Waals surface area contributed by atoms with Gasteiger partial charge in [-0.2, -0.15) is 0 Å². The largest absolute Gasteiger partial charge is 0.298 e. The van der Waals surface area contributed by atoms with Crippen LogP contribution in [0.5, 0.6) is 0 Å². The van der Waals surface area contributed by atoms with E-state index in [4.69, 9.17) is 4.84 Å². The van der Waals surface area contributed by atoms with Gasteiger partial charge in [-0.3, -0.25) is 9.63 Å². The predicted octanol–water partition coefficient (Wildman–Crippen LogP) is 3.76. The molecule has 0 spiro atoms. The summed E-state index contributed by atoms with van der Waals surface area (Å²) in [5.74, 6) is 0.332. The van der Waals surface area contributed by atoms with Crippen molar-refractivity contribution in [1.29, 1.82) is 0 Å². The molecule has 108 valence electrons. The molecule has 1 aliphatic heterocycles. The van der Waals surface area contributed by atoms with Gasteiger partial charge in [0.1, 0.15) is 12.4 Å². The maximum atomic E-state index is 11.4. The van der Waals surface area contributed by atoms with Crippen LogP contribution >= 0.6 is 0 Å². The first-order valence-electron chi connectivity index (χ1n) is 7.35. The van der Waals surface area contributed by atoms with Gasteiger partial charge in [0.05, 0.1) is 11.7 Å². The number of aldehydes is 1. The first-order chi connectivity index (χ1) is 9.67. The summed E-state index contributed by atoms with van der Waals surface area (Å²) in [6.07, 6.45) is 4.83. The lowest BCUT2D eigenvalue weighted by Crippen LogP contribution is -2.45. The van der Waals surface area contributed by atoms with Crippen LogP contribution in [0.25, 0.3) is 0 Å². The molecule has 3 nitrogen and oxygen atoms in total. The summed E-state index contributed by atoms with van der Waals surface area (Å²) >= 11 is 0. The van der Waals surface area contributed by atoms with E-state index >= 15 is 0 Å². The number of hydrogen-bond acceptors (Lipinski definition) is 3. The number of rotatable bonds is 5. The van der Waals surface area contributed by atoms with Crippen LogP contribution in [-0.4, -0.2) is 18.4 Å². The third kappa shape index (κ3) is 3.10. The van der Waals surface area contributed by atoms with Gasteiger partial charge in [0.15, 0.2) is 0 Å². The first kappa shape index (κ1) is 14.8. The molecule has 1 heterocycles. The number of carbonyl (C=O) groups excluding carboxylic acids is 1. The lowest BCUT2D eigenvalue weighted by molar-refractivity contribution is -0.106. The summed E-state index contributed by atoms with van der Waals surface area (Å²) in [7, 11) is 0. The van der Waals surface area contributed by atoms with E-state index in [1.54, 1.807) is 0 Å². The average Bonchev–Trinajstić information content (AvgIpc) is 2.48. The van der Waals surface area contributed by atoms with E-state index in [0.717, 1.165) is 30.4 Å². The van der Waals surface area contributed by atoms with Crippen molar-refractivity contribution in [2.45, 2.75) is 45.8 Å². The molecular weight excluding hydrogens is 250 g/mol. The second-order valence-corrected chi connectivity index (χ2v) is 5.56. The van der Waals surface area contributed by atoms with Crippen LogP contribution in [0.15, 0.2) is 42.0 Å². The summed E-state index contributed by atoms with van der Waals surface area (Å²) in [6.45, 7) is 6.33. The molecule has 20 heavy (non-hydrogen) atoms. The fraction of sp³-hybridized carbons (Fsp3) is 0.471. The monoisotopic (exact) mass is 273 g/mol. The van der Waals surface area contributed by atoms with E-state index in [1.807, 2.05) is 41.5 Å². The van der Waals surface area contributed by atoms with Crippen LogP contribution in [0.2, 0.25) is 0 Å². The lowest BCUT2D eigenvalue weighted by atomic mass is 9.96. The summed E-state index contributed by atoms with van der Waals surface area (Å²) in [6, 6.07) is 10.0. The minimum atomic E-state index is -0.0523. The van der Waals surface area contributed by atoms with Gasteiger partial charge in [-0.05, 0) is 30.5 Å². The predicted molar refractivity (Wildman–Crippen MR) is 81.5 cm³/mol. The van der Waals surface area contributed by atoms with Crippen molar-refractivity contribution in [3.05, 3.63) is 42.0 Å². The highest BCUT2D eigenvalue weighted by Gasteiger charge is 2.31. The zero-order chi connectivity index (χ0) is 14.5. The van der Waals surface area contributed by atoms with Crippen LogP contribution in [0.1, 0.15) is 33.6 Å². The maximum Gasteiger partial charge on any atom is 0.147 e. The Hall–Kier alpha value is -1.61. The molecule has 0 aromatic heterocycles. The molecule has 2 atom stereocenters. The van der Waals surface area contributed by atoms with Crippen molar-refractivity contribution in [3.63, 3.8) is 0 Å². The third-order valence-corrected chi connectivity index (χ3v) is 3.63. The molecule has 1 aromatic rings. The number of hydroxylamine groups is 1. The number of benzene rings is 1. The minimum Gasteiger partial charge on any atom is -0.298 e. The van der Waals surface area contributed by atoms with Gasteiger partial charge in [-0.1, -0.05) is 45.4 Å². The van der Waals surface area contributed by atoms with Crippen molar-refractivity contribution in [3.8, 4) is 0 Å². The fourth-order valence-corrected chi connectivity index (χ4v) is 2.48. The van der Waals surface area contributed by atoms with Crippen molar-refractivity contribution in [1.82, 2.24) is 0 Å². The van der Waals surface area contributed by atoms with Crippen LogP contribution in [0.3, 0.4) is 0 Å². The zero-order valence-corrected chi connectivity index (χ0v) is 12.5. The van der Waals surface area contributed by atoms with Gasteiger partial charge < -0.3 is 0 Å². The molecule has 0 saturated carbocycles. The molecule has 0 N–H and O–H groups in total. The Labute approximate surface area is 121 Å². The molecule has 0 bridgehead atoms. The third-order valence-electron chi connectivity index (χ3n) is 3.63. The van der Waals surface area contributed by atoms with Gasteiger partial charge in [0.2, 0.25) is 0 Å². The van der Waals surface area contributed by atoms with Crippen LogP contribution in [-0.2, 0) is 9.63 Å². The molecule has 0 fully saturated rings. The average molecular weight is 273 g/mol. The SMILES string of the molecule is CCC[C@@H]1C(C=O)=C[C@@H](C(C)C)ON1c1ccccc1. The number of carbonyl (C=O) groups is 1. The van der Waals surface area contributed by atoms with Gasteiger partial charge in [0, 0.05) is 5.57 Å². The van der Waals surface area contributed by atoms with E-state index in [9.17, 15) is 4.79 Å². The molecule has 0 saturated heterocycles. The van der Waals surface area contributed by atoms with E-state index < -0.39 is 0 Å². The molecule has 1 aromatic carbocycles. The number of anilines is 1. The Kier molecular flexibility index (Phi) is 4.96. The lowest BCUT2D eigenvalue weighted by Gasteiger charge is -2.40. The maximum absolute atomic E-state index is 11.4.